The maximum atomic E-state index is 14.2. The Balaban J connectivity index is 1.78. The maximum absolute atomic E-state index is 14.2. The van der Waals surface area contributed by atoms with E-state index in [1.54, 1.807) is 12.1 Å². The Morgan fingerprint density at radius 2 is 1.41 bits per heavy atom. The summed E-state index contributed by atoms with van der Waals surface area (Å²) >= 11 is 0. The van der Waals surface area contributed by atoms with E-state index < -0.39 is 46.1 Å². The molecule has 0 fully saturated rings. The molecule has 44 heavy (non-hydrogen) atoms. The van der Waals surface area contributed by atoms with Gasteiger partial charge in [-0.25, -0.2) is 17.2 Å². The molecule has 4 aromatic rings. The first-order chi connectivity index (χ1) is 21.1. The molecule has 0 aromatic heterocycles. The highest BCUT2D eigenvalue weighted by Gasteiger charge is 2.34. The zero-order chi connectivity index (χ0) is 31.7. The average molecular weight is 622 g/mol. The fourth-order valence-electron chi connectivity index (χ4n) is 4.64. The number of carbonyl (C=O) groups excluding carboxylic acids is 2. The van der Waals surface area contributed by atoms with E-state index in [2.05, 4.69) is 5.32 Å². The molecule has 1 N–H and O–H groups in total. The molecule has 0 aliphatic carbocycles. The lowest BCUT2D eigenvalue weighted by Crippen LogP contribution is -2.53. The van der Waals surface area contributed by atoms with Gasteiger partial charge in [-0.2, -0.15) is 0 Å². The fraction of sp³-hybridized carbons (Fsp3) is 0.212. The number of ether oxygens (including phenoxy) is 1. The van der Waals surface area contributed by atoms with Crippen molar-refractivity contribution in [3.63, 3.8) is 0 Å². The quantitative estimate of drug-likeness (QED) is 0.228. The summed E-state index contributed by atoms with van der Waals surface area (Å²) in [5, 5.41) is 2.61. The highest BCUT2D eigenvalue weighted by Crippen LogP contribution is 2.27. The number of nitrogens with zero attached hydrogens (tertiary/aromatic N) is 2. The molecule has 11 heteroatoms. The summed E-state index contributed by atoms with van der Waals surface area (Å²) in [6, 6.07) is 24.0. The molecule has 1 atom stereocenters. The van der Waals surface area contributed by atoms with Gasteiger partial charge in [0, 0.05) is 20.0 Å². The molecule has 0 aliphatic heterocycles. The molecule has 0 unspecified atom stereocenters. The van der Waals surface area contributed by atoms with Gasteiger partial charge in [0.15, 0.2) is 0 Å². The van der Waals surface area contributed by atoms with Crippen LogP contribution in [-0.4, -0.2) is 51.4 Å². The lowest BCUT2D eigenvalue weighted by atomic mass is 10.0. The molecule has 0 saturated carbocycles. The van der Waals surface area contributed by atoms with Crippen LogP contribution in [0, 0.1) is 11.6 Å². The van der Waals surface area contributed by atoms with Crippen molar-refractivity contribution in [2.24, 2.45) is 0 Å². The van der Waals surface area contributed by atoms with E-state index in [-0.39, 0.29) is 23.5 Å². The first-order valence-electron chi connectivity index (χ1n) is 13.9. The van der Waals surface area contributed by atoms with Crippen molar-refractivity contribution in [1.29, 1.82) is 0 Å². The second kappa shape index (κ2) is 14.6. The van der Waals surface area contributed by atoms with Gasteiger partial charge in [0.2, 0.25) is 11.8 Å². The van der Waals surface area contributed by atoms with Gasteiger partial charge in [0.05, 0.1) is 17.2 Å². The molecule has 0 heterocycles. The molecule has 0 aliphatic rings. The Hall–Kier alpha value is -4.77. The average Bonchev–Trinajstić information content (AvgIpc) is 3.03. The summed E-state index contributed by atoms with van der Waals surface area (Å²) in [5.74, 6) is -1.72. The molecule has 2 amide bonds. The minimum Gasteiger partial charge on any atom is -0.494 e. The zero-order valence-electron chi connectivity index (χ0n) is 24.3. The van der Waals surface area contributed by atoms with Gasteiger partial charge in [-0.1, -0.05) is 42.5 Å². The zero-order valence-corrected chi connectivity index (χ0v) is 25.1. The van der Waals surface area contributed by atoms with Crippen molar-refractivity contribution in [1.82, 2.24) is 10.2 Å². The predicted molar refractivity (Wildman–Crippen MR) is 163 cm³/mol. The van der Waals surface area contributed by atoms with Crippen molar-refractivity contribution >= 4 is 27.5 Å². The van der Waals surface area contributed by atoms with Crippen molar-refractivity contribution < 1.29 is 31.5 Å². The van der Waals surface area contributed by atoms with Gasteiger partial charge < -0.3 is 15.0 Å². The summed E-state index contributed by atoms with van der Waals surface area (Å²) in [5.41, 5.74) is 1.48. The van der Waals surface area contributed by atoms with Crippen LogP contribution in [0.3, 0.4) is 0 Å². The van der Waals surface area contributed by atoms with Crippen molar-refractivity contribution in [2.75, 3.05) is 24.5 Å². The summed E-state index contributed by atoms with van der Waals surface area (Å²) in [7, 11) is -2.93. The van der Waals surface area contributed by atoms with Crippen LogP contribution in [-0.2, 0) is 32.6 Å². The third kappa shape index (κ3) is 7.99. The number of nitrogens with one attached hydrogen (secondary N) is 1. The van der Waals surface area contributed by atoms with E-state index in [4.69, 9.17) is 4.74 Å². The smallest absolute Gasteiger partial charge is 0.264 e. The number of halogens is 2. The number of amides is 2. The molecule has 8 nitrogen and oxygen atoms in total. The first kappa shape index (κ1) is 32.2. The monoisotopic (exact) mass is 621 g/mol. The number of benzene rings is 4. The van der Waals surface area contributed by atoms with E-state index in [1.807, 2.05) is 37.3 Å². The Labute approximate surface area is 255 Å². The second-order valence-electron chi connectivity index (χ2n) is 9.86. The number of carbonyl (C=O) groups is 2. The largest absolute Gasteiger partial charge is 0.494 e. The molecule has 0 spiro atoms. The molecule has 4 rings (SSSR count). The first-order valence-corrected chi connectivity index (χ1v) is 15.4. The lowest BCUT2D eigenvalue weighted by Gasteiger charge is -2.33. The van der Waals surface area contributed by atoms with Crippen LogP contribution in [0.5, 0.6) is 5.75 Å². The summed E-state index contributed by atoms with van der Waals surface area (Å²) in [6.45, 7) is 1.43. The minimum absolute atomic E-state index is 0.0995. The Bertz CT molecular complexity index is 1650. The van der Waals surface area contributed by atoms with Gasteiger partial charge in [-0.15, -0.1) is 0 Å². The molecule has 230 valence electrons. The van der Waals surface area contributed by atoms with Crippen LogP contribution in [0.15, 0.2) is 108 Å². The number of rotatable bonds is 13. The van der Waals surface area contributed by atoms with Crippen LogP contribution in [0.25, 0.3) is 0 Å². The Kier molecular flexibility index (Phi) is 10.7. The summed E-state index contributed by atoms with van der Waals surface area (Å²) in [6.07, 6.45) is 0.140. The van der Waals surface area contributed by atoms with Crippen LogP contribution in [0.1, 0.15) is 18.1 Å². The van der Waals surface area contributed by atoms with Crippen molar-refractivity contribution in [2.45, 2.75) is 30.8 Å². The number of hydrogen-bond acceptors (Lipinski definition) is 5. The molecular weight excluding hydrogens is 588 g/mol. The normalized spacial score (nSPS) is 11.8. The van der Waals surface area contributed by atoms with E-state index in [0.717, 1.165) is 34.1 Å². The SMILES string of the molecule is CCOc1ccc(N(CC(=O)N(Cc2ccc(F)cc2)[C@@H](Cc2ccccc2)C(=O)NC)S(=O)(=O)c2ccc(F)cc2)cc1. The summed E-state index contributed by atoms with van der Waals surface area (Å²) in [4.78, 5) is 28.6. The molecule has 4 aromatic carbocycles. The number of likely N-dealkylation sites (N-methyl/N-ethyl adjacent to an activating group) is 1. The van der Waals surface area contributed by atoms with E-state index >= 15 is 0 Å². The number of anilines is 1. The lowest BCUT2D eigenvalue weighted by molar-refractivity contribution is -0.139. The van der Waals surface area contributed by atoms with Gasteiger partial charge in [0.25, 0.3) is 10.0 Å². The van der Waals surface area contributed by atoms with Crippen molar-refractivity contribution in [3.05, 3.63) is 126 Å². The Morgan fingerprint density at radius 1 is 0.818 bits per heavy atom. The van der Waals surface area contributed by atoms with Gasteiger partial charge in [-0.3, -0.25) is 13.9 Å². The van der Waals surface area contributed by atoms with E-state index in [0.29, 0.717) is 17.9 Å². The van der Waals surface area contributed by atoms with E-state index in [9.17, 15) is 26.8 Å². The fourth-order valence-corrected chi connectivity index (χ4v) is 6.06. The summed E-state index contributed by atoms with van der Waals surface area (Å²) < 4.78 is 61.7. The van der Waals surface area contributed by atoms with Gasteiger partial charge in [0.1, 0.15) is 30.0 Å². The second-order valence-corrected chi connectivity index (χ2v) is 11.7. The van der Waals surface area contributed by atoms with Crippen LogP contribution < -0.4 is 14.4 Å². The molecular formula is C33H33F2N3O5S. The third-order valence-corrected chi connectivity index (χ3v) is 8.69. The van der Waals surface area contributed by atoms with Crippen LogP contribution >= 0.6 is 0 Å². The van der Waals surface area contributed by atoms with Crippen LogP contribution in [0.2, 0.25) is 0 Å². The number of hydrogen-bond donors (Lipinski definition) is 1. The van der Waals surface area contributed by atoms with Gasteiger partial charge in [-0.05, 0) is 78.7 Å². The van der Waals surface area contributed by atoms with E-state index in [1.165, 1.54) is 48.3 Å². The highest BCUT2D eigenvalue weighted by molar-refractivity contribution is 7.92. The predicted octanol–water partition coefficient (Wildman–Crippen LogP) is 4.94. The topological polar surface area (TPSA) is 96.0 Å². The third-order valence-electron chi connectivity index (χ3n) is 6.90. The van der Waals surface area contributed by atoms with Gasteiger partial charge >= 0.3 is 0 Å². The minimum atomic E-state index is -4.39. The van der Waals surface area contributed by atoms with Crippen molar-refractivity contribution in [3.8, 4) is 5.75 Å². The molecule has 0 saturated heterocycles. The molecule has 0 bridgehead atoms. The number of sulfonamides is 1. The Morgan fingerprint density at radius 3 is 1.98 bits per heavy atom. The maximum Gasteiger partial charge on any atom is 0.264 e. The highest BCUT2D eigenvalue weighted by atomic mass is 32.2. The van der Waals surface area contributed by atoms with Crippen LogP contribution in [0.4, 0.5) is 14.5 Å². The molecule has 0 radical (unpaired) electrons. The standard InChI is InChI=1S/C33H33F2N3O5S/c1-3-43-29-17-15-28(16-18-29)38(44(41,42)30-19-13-27(35)14-20-30)23-32(39)37(22-25-9-11-26(34)12-10-25)31(33(40)36-2)21-24-7-5-4-6-8-24/h4-20,31H,3,21-23H2,1-2H3,(H,36,40)/t31-/m0/s1.